The van der Waals surface area contributed by atoms with Gasteiger partial charge in [-0.05, 0) is 37.1 Å². The van der Waals surface area contributed by atoms with Gasteiger partial charge < -0.3 is 14.4 Å². The van der Waals surface area contributed by atoms with E-state index in [0.29, 0.717) is 42.7 Å². The molecule has 1 N–H and O–H groups in total. The zero-order valence-corrected chi connectivity index (χ0v) is 11.6. The summed E-state index contributed by atoms with van der Waals surface area (Å²) >= 11 is 0. The standard InChI is InChI=1S/C15H14F3NO3/c16-15(17,18)11-1-2-12-10(7-11)8-13(22-12)9-3-5-19(6-4-9)14(20)21/h1-2,7-9H,3-6H2,(H,20,21). The fourth-order valence-electron chi connectivity index (χ4n) is 2.80. The average molecular weight is 313 g/mol. The van der Waals surface area contributed by atoms with Gasteiger partial charge in [0.1, 0.15) is 11.3 Å². The summed E-state index contributed by atoms with van der Waals surface area (Å²) in [6.45, 7) is 0.815. The van der Waals surface area contributed by atoms with Crippen LogP contribution in [0.2, 0.25) is 0 Å². The number of hydrogen-bond acceptors (Lipinski definition) is 2. The number of likely N-dealkylation sites (tertiary alicyclic amines) is 1. The van der Waals surface area contributed by atoms with E-state index < -0.39 is 17.8 Å². The van der Waals surface area contributed by atoms with E-state index in [4.69, 9.17) is 9.52 Å². The first kappa shape index (κ1) is 14.7. The second kappa shape index (κ2) is 5.23. The van der Waals surface area contributed by atoms with Crippen LogP contribution in [0.5, 0.6) is 0 Å². The van der Waals surface area contributed by atoms with Crippen molar-refractivity contribution in [3.8, 4) is 0 Å². The van der Waals surface area contributed by atoms with Crippen molar-refractivity contribution in [2.45, 2.75) is 24.9 Å². The van der Waals surface area contributed by atoms with Gasteiger partial charge in [0.05, 0.1) is 5.56 Å². The monoisotopic (exact) mass is 313 g/mol. The highest BCUT2D eigenvalue weighted by molar-refractivity contribution is 5.79. The molecule has 0 aliphatic carbocycles. The fourth-order valence-corrected chi connectivity index (χ4v) is 2.80. The first-order valence-electron chi connectivity index (χ1n) is 6.93. The van der Waals surface area contributed by atoms with Crippen LogP contribution in [0.1, 0.15) is 30.1 Å². The van der Waals surface area contributed by atoms with E-state index in [0.717, 1.165) is 12.1 Å². The molecule has 2 heterocycles. The molecule has 1 aliphatic heterocycles. The molecule has 2 aromatic rings. The van der Waals surface area contributed by atoms with Gasteiger partial charge in [-0.1, -0.05) is 0 Å². The Morgan fingerprint density at radius 3 is 2.50 bits per heavy atom. The molecule has 0 unspecified atom stereocenters. The molecule has 3 rings (SSSR count). The third kappa shape index (κ3) is 2.75. The first-order valence-corrected chi connectivity index (χ1v) is 6.93. The Balaban J connectivity index is 1.82. The Morgan fingerprint density at radius 1 is 1.23 bits per heavy atom. The number of piperidine rings is 1. The maximum atomic E-state index is 12.7. The molecule has 1 saturated heterocycles. The van der Waals surface area contributed by atoms with Gasteiger partial charge in [-0.2, -0.15) is 13.2 Å². The number of hydrogen-bond donors (Lipinski definition) is 1. The molecule has 1 fully saturated rings. The predicted octanol–water partition coefficient (Wildman–Crippen LogP) is 4.31. The lowest BCUT2D eigenvalue weighted by Crippen LogP contribution is -2.36. The largest absolute Gasteiger partial charge is 0.465 e. The summed E-state index contributed by atoms with van der Waals surface area (Å²) in [5, 5.41) is 9.33. The molecule has 7 heteroatoms. The highest BCUT2D eigenvalue weighted by Crippen LogP contribution is 2.35. The molecule has 0 bridgehead atoms. The van der Waals surface area contributed by atoms with Crippen LogP contribution in [0, 0.1) is 0 Å². The molecular weight excluding hydrogens is 299 g/mol. The number of carboxylic acid groups (broad SMARTS) is 1. The van der Waals surface area contributed by atoms with Gasteiger partial charge in [-0.25, -0.2) is 4.79 Å². The third-order valence-electron chi connectivity index (χ3n) is 4.03. The summed E-state index contributed by atoms with van der Waals surface area (Å²) < 4.78 is 43.8. The van der Waals surface area contributed by atoms with Gasteiger partial charge in [-0.3, -0.25) is 0 Å². The summed E-state index contributed by atoms with van der Waals surface area (Å²) in [5.74, 6) is 0.664. The number of benzene rings is 1. The van der Waals surface area contributed by atoms with Crippen LogP contribution >= 0.6 is 0 Å². The number of nitrogens with zero attached hydrogens (tertiary/aromatic N) is 1. The molecule has 1 amide bonds. The van der Waals surface area contributed by atoms with Crippen LogP contribution in [-0.4, -0.2) is 29.2 Å². The van der Waals surface area contributed by atoms with E-state index >= 15 is 0 Å². The van der Waals surface area contributed by atoms with Crippen molar-refractivity contribution in [1.29, 1.82) is 0 Å². The summed E-state index contributed by atoms with van der Waals surface area (Å²) in [6, 6.07) is 5.04. The Bertz CT molecular complexity index is 700. The summed E-state index contributed by atoms with van der Waals surface area (Å²) in [4.78, 5) is 12.2. The lowest BCUT2D eigenvalue weighted by molar-refractivity contribution is -0.137. The predicted molar refractivity (Wildman–Crippen MR) is 72.8 cm³/mol. The van der Waals surface area contributed by atoms with E-state index in [1.165, 1.54) is 11.0 Å². The lowest BCUT2D eigenvalue weighted by Gasteiger charge is -2.28. The molecule has 0 spiro atoms. The van der Waals surface area contributed by atoms with E-state index in [1.54, 1.807) is 6.07 Å². The van der Waals surface area contributed by atoms with Gasteiger partial charge in [0.2, 0.25) is 0 Å². The average Bonchev–Trinajstić information content (AvgIpc) is 2.89. The van der Waals surface area contributed by atoms with Crippen LogP contribution in [0.15, 0.2) is 28.7 Å². The number of rotatable bonds is 1. The van der Waals surface area contributed by atoms with Crippen molar-refractivity contribution < 1.29 is 27.5 Å². The van der Waals surface area contributed by atoms with Crippen molar-refractivity contribution in [3.63, 3.8) is 0 Å². The van der Waals surface area contributed by atoms with E-state index in [1.807, 2.05) is 0 Å². The second-order valence-corrected chi connectivity index (χ2v) is 5.44. The van der Waals surface area contributed by atoms with Crippen LogP contribution in [0.4, 0.5) is 18.0 Å². The zero-order chi connectivity index (χ0) is 15.9. The van der Waals surface area contributed by atoms with Gasteiger partial charge in [0.15, 0.2) is 0 Å². The highest BCUT2D eigenvalue weighted by Gasteiger charge is 2.31. The molecule has 118 valence electrons. The molecule has 22 heavy (non-hydrogen) atoms. The molecule has 4 nitrogen and oxygen atoms in total. The topological polar surface area (TPSA) is 53.7 Å². The number of alkyl halides is 3. The minimum atomic E-state index is -4.38. The maximum absolute atomic E-state index is 12.7. The Kier molecular flexibility index (Phi) is 3.50. The maximum Gasteiger partial charge on any atom is 0.416 e. The quantitative estimate of drug-likeness (QED) is 0.853. The van der Waals surface area contributed by atoms with Gasteiger partial charge in [0.25, 0.3) is 0 Å². The lowest BCUT2D eigenvalue weighted by atomic mass is 9.94. The van der Waals surface area contributed by atoms with Crippen molar-refractivity contribution in [3.05, 3.63) is 35.6 Å². The number of fused-ring (bicyclic) bond motifs is 1. The second-order valence-electron chi connectivity index (χ2n) is 5.44. The SMILES string of the molecule is O=C(O)N1CCC(c2cc3cc(C(F)(F)F)ccc3o2)CC1. The summed E-state index contributed by atoms with van der Waals surface area (Å²) in [6.07, 6.45) is -4.10. The van der Waals surface area contributed by atoms with Crippen molar-refractivity contribution in [2.75, 3.05) is 13.1 Å². The number of furan rings is 1. The van der Waals surface area contributed by atoms with Crippen molar-refractivity contribution in [2.24, 2.45) is 0 Å². The van der Waals surface area contributed by atoms with Gasteiger partial charge in [-0.15, -0.1) is 0 Å². The summed E-state index contributed by atoms with van der Waals surface area (Å²) in [7, 11) is 0. The Labute approximate surface area is 124 Å². The first-order chi connectivity index (χ1) is 10.3. The number of carbonyl (C=O) groups is 1. The van der Waals surface area contributed by atoms with Gasteiger partial charge in [0, 0.05) is 24.4 Å². The number of halogens is 3. The molecule has 1 aromatic heterocycles. The van der Waals surface area contributed by atoms with E-state index in [-0.39, 0.29) is 5.92 Å². The summed E-state index contributed by atoms with van der Waals surface area (Å²) in [5.41, 5.74) is -0.281. The molecule has 0 atom stereocenters. The fraction of sp³-hybridized carbons (Fsp3) is 0.400. The molecule has 0 radical (unpaired) electrons. The van der Waals surface area contributed by atoms with Crippen molar-refractivity contribution >= 4 is 17.1 Å². The number of amides is 1. The zero-order valence-electron chi connectivity index (χ0n) is 11.6. The Morgan fingerprint density at radius 2 is 1.91 bits per heavy atom. The normalized spacial score (nSPS) is 17.1. The molecule has 1 aliphatic rings. The van der Waals surface area contributed by atoms with E-state index in [9.17, 15) is 18.0 Å². The minimum absolute atomic E-state index is 0.0392. The Hall–Kier alpha value is -2.18. The van der Waals surface area contributed by atoms with Crippen LogP contribution in [0.25, 0.3) is 11.0 Å². The van der Waals surface area contributed by atoms with Crippen LogP contribution in [0.3, 0.4) is 0 Å². The van der Waals surface area contributed by atoms with Crippen molar-refractivity contribution in [1.82, 2.24) is 4.90 Å². The minimum Gasteiger partial charge on any atom is -0.465 e. The highest BCUT2D eigenvalue weighted by atomic mass is 19.4. The van der Waals surface area contributed by atoms with E-state index in [2.05, 4.69) is 0 Å². The van der Waals surface area contributed by atoms with Crippen LogP contribution in [-0.2, 0) is 6.18 Å². The van der Waals surface area contributed by atoms with Gasteiger partial charge >= 0.3 is 12.3 Å². The third-order valence-corrected chi connectivity index (χ3v) is 4.03. The smallest absolute Gasteiger partial charge is 0.416 e. The molecule has 0 saturated carbocycles. The van der Waals surface area contributed by atoms with Crippen LogP contribution < -0.4 is 0 Å². The molecular formula is C15H14F3NO3. The molecule has 1 aromatic carbocycles.